The summed E-state index contributed by atoms with van der Waals surface area (Å²) >= 11 is 3.57. The van der Waals surface area contributed by atoms with Gasteiger partial charge in [-0.2, -0.15) is 0 Å². The summed E-state index contributed by atoms with van der Waals surface area (Å²) in [6.45, 7) is 3.90. The van der Waals surface area contributed by atoms with E-state index in [1.165, 1.54) is 19.3 Å². The Labute approximate surface area is 95.5 Å². The van der Waals surface area contributed by atoms with Gasteiger partial charge in [0.25, 0.3) is 0 Å². The van der Waals surface area contributed by atoms with Gasteiger partial charge in [-0.1, -0.05) is 35.7 Å². The molecule has 0 bridgehead atoms. The zero-order chi connectivity index (χ0) is 10.2. The third-order valence-corrected chi connectivity index (χ3v) is 3.17. The van der Waals surface area contributed by atoms with Crippen LogP contribution in [-0.2, 0) is 9.47 Å². The van der Waals surface area contributed by atoms with Crippen LogP contribution in [0.15, 0.2) is 0 Å². The maximum atomic E-state index is 5.83. The topological polar surface area (TPSA) is 18.5 Å². The number of halogens is 1. The average molecular weight is 265 g/mol. The van der Waals surface area contributed by atoms with Crippen LogP contribution in [-0.4, -0.2) is 24.3 Å². The second-order valence-electron chi connectivity index (χ2n) is 3.88. The quantitative estimate of drug-likeness (QED) is 0.540. The smallest absolute Gasteiger partial charge is 0.113 e. The molecule has 0 aromatic rings. The van der Waals surface area contributed by atoms with E-state index in [2.05, 4.69) is 22.9 Å². The van der Waals surface area contributed by atoms with Gasteiger partial charge < -0.3 is 9.47 Å². The molecular weight excluding hydrogens is 244 g/mol. The highest BCUT2D eigenvalue weighted by molar-refractivity contribution is 9.09. The van der Waals surface area contributed by atoms with Crippen LogP contribution in [0.5, 0.6) is 0 Å². The molecule has 0 aliphatic carbocycles. The maximum Gasteiger partial charge on any atom is 0.113 e. The predicted octanol–water partition coefficient (Wildman–Crippen LogP) is 3.48. The van der Waals surface area contributed by atoms with E-state index in [0.29, 0.717) is 6.10 Å². The van der Waals surface area contributed by atoms with Crippen molar-refractivity contribution in [3.8, 4) is 0 Å². The molecule has 1 aliphatic rings. The standard InChI is InChI=1S/C11H21BrO2/c1-2-3-4-7-11(12)14-10-6-5-8-13-9-10/h10-11H,2-9H2,1H3. The summed E-state index contributed by atoms with van der Waals surface area (Å²) in [6, 6.07) is 0. The van der Waals surface area contributed by atoms with Crippen LogP contribution in [0.25, 0.3) is 0 Å². The summed E-state index contributed by atoms with van der Waals surface area (Å²) in [7, 11) is 0. The Bertz CT molecular complexity index is 135. The van der Waals surface area contributed by atoms with Crippen LogP contribution in [0.3, 0.4) is 0 Å². The van der Waals surface area contributed by atoms with Gasteiger partial charge in [0.05, 0.1) is 12.7 Å². The monoisotopic (exact) mass is 264 g/mol. The van der Waals surface area contributed by atoms with E-state index in [4.69, 9.17) is 9.47 Å². The third-order valence-electron chi connectivity index (χ3n) is 2.49. The molecule has 0 aromatic heterocycles. The molecule has 0 aromatic carbocycles. The first-order chi connectivity index (χ1) is 6.83. The predicted molar refractivity (Wildman–Crippen MR) is 61.8 cm³/mol. The van der Waals surface area contributed by atoms with Crippen molar-refractivity contribution < 1.29 is 9.47 Å². The molecule has 0 N–H and O–H groups in total. The maximum absolute atomic E-state index is 5.83. The first kappa shape index (κ1) is 12.5. The molecule has 0 radical (unpaired) electrons. The zero-order valence-electron chi connectivity index (χ0n) is 9.01. The lowest BCUT2D eigenvalue weighted by Crippen LogP contribution is -2.28. The Morgan fingerprint density at radius 2 is 2.36 bits per heavy atom. The summed E-state index contributed by atoms with van der Waals surface area (Å²) in [4.78, 5) is 0. The summed E-state index contributed by atoms with van der Waals surface area (Å²) < 4.78 is 11.2. The first-order valence-corrected chi connectivity index (χ1v) is 6.61. The SMILES string of the molecule is CCCCCC(Br)OC1CCCOC1. The Morgan fingerprint density at radius 1 is 1.50 bits per heavy atom. The van der Waals surface area contributed by atoms with Crippen molar-refractivity contribution in [2.24, 2.45) is 0 Å². The molecule has 1 rings (SSSR count). The number of rotatable bonds is 6. The molecule has 1 saturated heterocycles. The minimum Gasteiger partial charge on any atom is -0.379 e. The Kier molecular flexibility index (Phi) is 6.82. The molecule has 1 aliphatic heterocycles. The van der Waals surface area contributed by atoms with Crippen LogP contribution < -0.4 is 0 Å². The molecule has 1 fully saturated rings. The van der Waals surface area contributed by atoms with E-state index in [-0.39, 0.29) is 5.01 Å². The minimum absolute atomic E-state index is 0.223. The lowest BCUT2D eigenvalue weighted by atomic mass is 10.2. The van der Waals surface area contributed by atoms with E-state index in [1.807, 2.05) is 0 Å². The average Bonchev–Trinajstić information content (AvgIpc) is 2.20. The second kappa shape index (κ2) is 7.66. The molecule has 2 nitrogen and oxygen atoms in total. The molecule has 1 heterocycles. The molecular formula is C11H21BrO2. The lowest BCUT2D eigenvalue weighted by molar-refractivity contribution is -0.0588. The van der Waals surface area contributed by atoms with Crippen LogP contribution >= 0.6 is 15.9 Å². The van der Waals surface area contributed by atoms with Gasteiger partial charge in [-0.25, -0.2) is 0 Å². The van der Waals surface area contributed by atoms with E-state index in [0.717, 1.165) is 32.5 Å². The van der Waals surface area contributed by atoms with Crippen molar-refractivity contribution >= 4 is 15.9 Å². The van der Waals surface area contributed by atoms with E-state index >= 15 is 0 Å². The van der Waals surface area contributed by atoms with Gasteiger partial charge in [0.1, 0.15) is 5.01 Å². The Morgan fingerprint density at radius 3 is 3.00 bits per heavy atom. The van der Waals surface area contributed by atoms with Crippen LogP contribution in [0, 0.1) is 0 Å². The van der Waals surface area contributed by atoms with E-state index in [9.17, 15) is 0 Å². The van der Waals surface area contributed by atoms with Crippen LogP contribution in [0.2, 0.25) is 0 Å². The summed E-state index contributed by atoms with van der Waals surface area (Å²) in [6.07, 6.45) is 7.54. The van der Waals surface area contributed by atoms with Crippen molar-refractivity contribution in [2.45, 2.75) is 56.6 Å². The lowest BCUT2D eigenvalue weighted by Gasteiger charge is -2.25. The van der Waals surface area contributed by atoms with E-state index < -0.39 is 0 Å². The molecule has 0 amide bonds. The fraction of sp³-hybridized carbons (Fsp3) is 1.00. The number of alkyl halides is 1. The van der Waals surface area contributed by atoms with Gasteiger partial charge in [-0.15, -0.1) is 0 Å². The van der Waals surface area contributed by atoms with Gasteiger partial charge >= 0.3 is 0 Å². The normalized spacial score (nSPS) is 24.9. The molecule has 14 heavy (non-hydrogen) atoms. The van der Waals surface area contributed by atoms with Gasteiger partial charge in [-0.05, 0) is 25.7 Å². The number of unbranched alkanes of at least 4 members (excludes halogenated alkanes) is 2. The van der Waals surface area contributed by atoms with Gasteiger partial charge in [-0.3, -0.25) is 0 Å². The summed E-state index contributed by atoms with van der Waals surface area (Å²) in [5.74, 6) is 0. The van der Waals surface area contributed by atoms with Crippen molar-refractivity contribution in [2.75, 3.05) is 13.2 Å². The third kappa shape index (κ3) is 5.32. The Hall–Kier alpha value is 0.400. The van der Waals surface area contributed by atoms with Crippen molar-refractivity contribution in [1.29, 1.82) is 0 Å². The fourth-order valence-corrected chi connectivity index (χ4v) is 2.28. The number of hydrogen-bond acceptors (Lipinski definition) is 2. The first-order valence-electron chi connectivity index (χ1n) is 5.70. The number of hydrogen-bond donors (Lipinski definition) is 0. The zero-order valence-corrected chi connectivity index (χ0v) is 10.6. The van der Waals surface area contributed by atoms with Gasteiger partial charge in [0, 0.05) is 6.61 Å². The highest BCUT2D eigenvalue weighted by Crippen LogP contribution is 2.18. The molecule has 2 atom stereocenters. The summed E-state index contributed by atoms with van der Waals surface area (Å²) in [5.41, 5.74) is 0. The largest absolute Gasteiger partial charge is 0.379 e. The summed E-state index contributed by atoms with van der Waals surface area (Å²) in [5, 5.41) is 0.223. The van der Waals surface area contributed by atoms with Gasteiger partial charge in [0.15, 0.2) is 0 Å². The van der Waals surface area contributed by atoms with Crippen LogP contribution in [0.4, 0.5) is 0 Å². The minimum atomic E-state index is 0.223. The van der Waals surface area contributed by atoms with Crippen molar-refractivity contribution in [3.63, 3.8) is 0 Å². The Balaban J connectivity index is 2.03. The second-order valence-corrected chi connectivity index (χ2v) is 4.90. The molecule has 3 heteroatoms. The van der Waals surface area contributed by atoms with Crippen LogP contribution in [0.1, 0.15) is 45.4 Å². The van der Waals surface area contributed by atoms with Gasteiger partial charge in [0.2, 0.25) is 0 Å². The molecule has 2 unspecified atom stereocenters. The van der Waals surface area contributed by atoms with Crippen molar-refractivity contribution in [3.05, 3.63) is 0 Å². The fourth-order valence-electron chi connectivity index (χ4n) is 1.65. The van der Waals surface area contributed by atoms with Crippen molar-refractivity contribution in [1.82, 2.24) is 0 Å². The highest BCUT2D eigenvalue weighted by Gasteiger charge is 2.17. The molecule has 0 spiro atoms. The van der Waals surface area contributed by atoms with E-state index in [1.54, 1.807) is 0 Å². The molecule has 84 valence electrons. The number of ether oxygens (including phenoxy) is 2. The highest BCUT2D eigenvalue weighted by atomic mass is 79.9. The molecule has 0 saturated carbocycles.